The van der Waals surface area contributed by atoms with E-state index >= 15 is 0 Å². The van der Waals surface area contributed by atoms with Crippen molar-refractivity contribution in [3.8, 4) is 0 Å². The Morgan fingerprint density at radius 2 is 1.95 bits per heavy atom. The minimum absolute atomic E-state index is 0.00203. The van der Waals surface area contributed by atoms with Crippen LogP contribution >= 0.6 is 0 Å². The fourth-order valence-corrected chi connectivity index (χ4v) is 1.52. The lowest BCUT2D eigenvalue weighted by Gasteiger charge is -2.13. The fraction of sp³-hybridized carbons (Fsp3) is 0.333. The smallest absolute Gasteiger partial charge is 0.330 e. The molecule has 0 aliphatic carbocycles. The SMILES string of the molecule is CC(=O)Nc1cc(C(F)(F)F)ccc1C(=O)CCN. The second-order valence-corrected chi connectivity index (χ2v) is 3.90. The molecule has 0 unspecified atom stereocenters. The van der Waals surface area contributed by atoms with E-state index < -0.39 is 23.4 Å². The number of ketones is 1. The van der Waals surface area contributed by atoms with Crippen LogP contribution in [0, 0.1) is 0 Å². The van der Waals surface area contributed by atoms with Crippen molar-refractivity contribution >= 4 is 17.4 Å². The summed E-state index contributed by atoms with van der Waals surface area (Å²) in [4.78, 5) is 22.7. The first-order chi connectivity index (χ1) is 8.75. The van der Waals surface area contributed by atoms with Crippen LogP contribution in [0.25, 0.3) is 0 Å². The summed E-state index contributed by atoms with van der Waals surface area (Å²) >= 11 is 0. The van der Waals surface area contributed by atoms with E-state index in [9.17, 15) is 22.8 Å². The van der Waals surface area contributed by atoms with Gasteiger partial charge in [-0.2, -0.15) is 13.2 Å². The van der Waals surface area contributed by atoms with Gasteiger partial charge in [0, 0.05) is 18.9 Å². The first kappa shape index (κ1) is 15.2. The molecule has 19 heavy (non-hydrogen) atoms. The number of carbonyl (C=O) groups excluding carboxylic acids is 2. The molecule has 3 N–H and O–H groups in total. The van der Waals surface area contributed by atoms with E-state index in [4.69, 9.17) is 5.73 Å². The molecule has 0 radical (unpaired) electrons. The van der Waals surface area contributed by atoms with Crippen molar-refractivity contribution in [1.82, 2.24) is 0 Å². The third-order valence-corrected chi connectivity index (χ3v) is 2.33. The summed E-state index contributed by atoms with van der Waals surface area (Å²) < 4.78 is 37.7. The predicted octanol–water partition coefficient (Wildman–Crippen LogP) is 2.20. The first-order valence-corrected chi connectivity index (χ1v) is 5.48. The van der Waals surface area contributed by atoms with Gasteiger partial charge >= 0.3 is 6.18 Å². The van der Waals surface area contributed by atoms with E-state index in [1.165, 1.54) is 0 Å². The molecule has 4 nitrogen and oxygen atoms in total. The average Bonchev–Trinajstić information content (AvgIpc) is 2.27. The molecular formula is C12H13F3N2O2. The minimum atomic E-state index is -4.54. The lowest BCUT2D eigenvalue weighted by Crippen LogP contribution is -2.15. The highest BCUT2D eigenvalue weighted by Gasteiger charge is 2.31. The average molecular weight is 274 g/mol. The molecule has 104 valence electrons. The third-order valence-electron chi connectivity index (χ3n) is 2.33. The van der Waals surface area contributed by atoms with Crippen molar-refractivity contribution < 1.29 is 22.8 Å². The standard InChI is InChI=1S/C12H13F3N2O2/c1-7(18)17-10-6-8(12(13,14)15)2-3-9(10)11(19)4-5-16/h2-3,6H,4-5,16H2,1H3,(H,17,18). The van der Waals surface area contributed by atoms with Crippen LogP contribution in [0.2, 0.25) is 0 Å². The number of anilines is 1. The van der Waals surface area contributed by atoms with Crippen molar-refractivity contribution in [2.45, 2.75) is 19.5 Å². The summed E-state index contributed by atoms with van der Waals surface area (Å²) in [7, 11) is 0. The lowest BCUT2D eigenvalue weighted by molar-refractivity contribution is -0.137. The third kappa shape index (κ3) is 4.06. The van der Waals surface area contributed by atoms with Crippen LogP contribution in [-0.2, 0) is 11.0 Å². The Morgan fingerprint density at radius 3 is 2.42 bits per heavy atom. The molecule has 0 spiro atoms. The number of benzene rings is 1. The Labute approximate surface area is 107 Å². The number of Topliss-reactive ketones (excluding diaryl/α,β-unsaturated/α-hetero) is 1. The van der Waals surface area contributed by atoms with Gasteiger partial charge in [-0.15, -0.1) is 0 Å². The largest absolute Gasteiger partial charge is 0.416 e. The molecule has 0 bridgehead atoms. The van der Waals surface area contributed by atoms with E-state index in [1.54, 1.807) is 0 Å². The zero-order valence-corrected chi connectivity index (χ0v) is 10.2. The molecule has 1 aromatic rings. The number of carbonyl (C=O) groups is 2. The topological polar surface area (TPSA) is 72.2 Å². The van der Waals surface area contributed by atoms with Crippen LogP contribution in [0.15, 0.2) is 18.2 Å². The molecule has 0 saturated carbocycles. The molecule has 0 aromatic heterocycles. The Bertz CT molecular complexity index is 498. The molecule has 0 aliphatic heterocycles. The monoisotopic (exact) mass is 274 g/mol. The van der Waals surface area contributed by atoms with Crippen molar-refractivity contribution in [3.05, 3.63) is 29.3 Å². The van der Waals surface area contributed by atoms with Gasteiger partial charge in [-0.3, -0.25) is 9.59 Å². The quantitative estimate of drug-likeness (QED) is 0.827. The van der Waals surface area contributed by atoms with Gasteiger partial charge < -0.3 is 11.1 Å². The van der Waals surface area contributed by atoms with Gasteiger partial charge in [0.05, 0.1) is 11.3 Å². The van der Waals surface area contributed by atoms with Crippen LogP contribution in [0.5, 0.6) is 0 Å². The number of nitrogens with one attached hydrogen (secondary N) is 1. The zero-order chi connectivity index (χ0) is 14.6. The summed E-state index contributed by atoms with van der Waals surface area (Å²) in [5.74, 6) is -0.971. The molecular weight excluding hydrogens is 261 g/mol. The molecule has 1 aromatic carbocycles. The van der Waals surface area contributed by atoms with Gasteiger partial charge in [0.25, 0.3) is 0 Å². The summed E-state index contributed by atoms with van der Waals surface area (Å²) in [6.45, 7) is 1.23. The maximum absolute atomic E-state index is 12.6. The Kier molecular flexibility index (Phi) is 4.66. The maximum Gasteiger partial charge on any atom is 0.416 e. The number of nitrogens with two attached hydrogens (primary N) is 1. The van der Waals surface area contributed by atoms with E-state index in [0.717, 1.165) is 25.1 Å². The van der Waals surface area contributed by atoms with Gasteiger partial charge in [0.2, 0.25) is 5.91 Å². The highest BCUT2D eigenvalue weighted by Crippen LogP contribution is 2.32. The molecule has 0 fully saturated rings. The van der Waals surface area contributed by atoms with E-state index in [0.29, 0.717) is 0 Å². The van der Waals surface area contributed by atoms with E-state index in [2.05, 4.69) is 5.32 Å². The summed E-state index contributed by atoms with van der Waals surface area (Å²) in [5, 5.41) is 2.22. The molecule has 7 heteroatoms. The van der Waals surface area contributed by atoms with Crippen LogP contribution in [0.1, 0.15) is 29.3 Å². The van der Waals surface area contributed by atoms with Gasteiger partial charge in [0.15, 0.2) is 5.78 Å². The molecule has 0 saturated heterocycles. The van der Waals surface area contributed by atoms with Gasteiger partial charge in [-0.1, -0.05) is 0 Å². The molecule has 1 amide bonds. The number of hydrogen-bond acceptors (Lipinski definition) is 3. The number of hydrogen-bond donors (Lipinski definition) is 2. The minimum Gasteiger partial charge on any atom is -0.330 e. The Morgan fingerprint density at radius 1 is 1.32 bits per heavy atom. The second-order valence-electron chi connectivity index (χ2n) is 3.90. The molecule has 1 rings (SSSR count). The summed E-state index contributed by atoms with van der Waals surface area (Å²) in [5.41, 5.74) is 4.17. The molecule has 0 heterocycles. The Hall–Kier alpha value is -1.89. The zero-order valence-electron chi connectivity index (χ0n) is 10.2. The van der Waals surface area contributed by atoms with Gasteiger partial charge in [0.1, 0.15) is 0 Å². The molecule has 0 aliphatic rings. The normalized spacial score (nSPS) is 11.2. The van der Waals surface area contributed by atoms with Crippen LogP contribution in [0.3, 0.4) is 0 Å². The number of rotatable bonds is 4. The van der Waals surface area contributed by atoms with Crippen LogP contribution < -0.4 is 11.1 Å². The number of halogens is 3. The van der Waals surface area contributed by atoms with Crippen molar-refractivity contribution in [2.75, 3.05) is 11.9 Å². The number of alkyl halides is 3. The predicted molar refractivity (Wildman–Crippen MR) is 63.7 cm³/mol. The van der Waals surface area contributed by atoms with Crippen LogP contribution in [-0.4, -0.2) is 18.2 Å². The lowest BCUT2D eigenvalue weighted by atomic mass is 10.0. The maximum atomic E-state index is 12.6. The highest BCUT2D eigenvalue weighted by atomic mass is 19.4. The van der Waals surface area contributed by atoms with Gasteiger partial charge in [-0.25, -0.2) is 0 Å². The van der Waals surface area contributed by atoms with Gasteiger partial charge in [-0.05, 0) is 24.7 Å². The summed E-state index contributed by atoms with van der Waals surface area (Å²) in [6.07, 6.45) is -4.54. The van der Waals surface area contributed by atoms with Crippen molar-refractivity contribution in [3.63, 3.8) is 0 Å². The number of amides is 1. The van der Waals surface area contributed by atoms with Crippen molar-refractivity contribution in [2.24, 2.45) is 5.73 Å². The van der Waals surface area contributed by atoms with Crippen molar-refractivity contribution in [1.29, 1.82) is 0 Å². The Balaban J connectivity index is 3.24. The fourth-order valence-electron chi connectivity index (χ4n) is 1.52. The highest BCUT2D eigenvalue weighted by molar-refractivity contribution is 6.04. The van der Waals surface area contributed by atoms with Crippen LogP contribution in [0.4, 0.5) is 18.9 Å². The van der Waals surface area contributed by atoms with E-state index in [1.807, 2.05) is 0 Å². The second kappa shape index (κ2) is 5.83. The first-order valence-electron chi connectivity index (χ1n) is 5.48. The molecule has 0 atom stereocenters. The van der Waals surface area contributed by atoms with E-state index in [-0.39, 0.29) is 24.2 Å². The summed E-state index contributed by atoms with van der Waals surface area (Å²) in [6, 6.07) is 2.59.